The topological polar surface area (TPSA) is 26.3 Å². The molecule has 0 saturated carbocycles. The molecule has 0 bridgehead atoms. The third kappa shape index (κ3) is 3.23. The third-order valence-corrected chi connectivity index (χ3v) is 9.24. The minimum atomic E-state index is -3.08. The van der Waals surface area contributed by atoms with Crippen molar-refractivity contribution in [2.45, 2.75) is 0 Å². The smallest absolute Gasteiger partial charge is 0.171 e. The monoisotopic (exact) mass is 444 g/mol. The predicted molar refractivity (Wildman–Crippen MR) is 137 cm³/mol. The Hall–Kier alpha value is -3.87. The van der Waals surface area contributed by atoms with Crippen LogP contribution in [0.25, 0.3) is 22.3 Å². The summed E-state index contributed by atoms with van der Waals surface area (Å²) in [6.45, 7) is 0. The van der Waals surface area contributed by atoms with Crippen molar-refractivity contribution in [3.8, 4) is 33.8 Å². The van der Waals surface area contributed by atoms with Gasteiger partial charge in [0.1, 0.15) is 11.5 Å². The summed E-state index contributed by atoms with van der Waals surface area (Å²) in [6, 6.07) is 41.9. The van der Waals surface area contributed by atoms with E-state index in [1.54, 1.807) is 0 Å². The van der Waals surface area contributed by atoms with Gasteiger partial charge in [-0.2, -0.15) is 0 Å². The van der Waals surface area contributed by atoms with Gasteiger partial charge in [-0.05, 0) is 35.4 Å². The molecular weight excluding hydrogens is 423 g/mol. The zero-order chi connectivity index (χ0) is 22.3. The van der Waals surface area contributed by atoms with Crippen molar-refractivity contribution < 1.29 is 9.30 Å². The molecule has 0 aliphatic carbocycles. The largest absolute Gasteiger partial charge is 0.456 e. The molecular formula is C30H21O2P. The molecule has 3 heteroatoms. The highest BCUT2D eigenvalue weighted by molar-refractivity contribution is 7.85. The zero-order valence-electron chi connectivity index (χ0n) is 17.9. The molecule has 0 N–H and O–H groups in total. The van der Waals surface area contributed by atoms with Gasteiger partial charge in [0, 0.05) is 27.0 Å². The molecule has 0 aromatic heterocycles. The Morgan fingerprint density at radius 2 is 0.909 bits per heavy atom. The Balaban J connectivity index is 1.62. The quantitative estimate of drug-likeness (QED) is 0.282. The van der Waals surface area contributed by atoms with Crippen LogP contribution in [0.1, 0.15) is 0 Å². The summed E-state index contributed by atoms with van der Waals surface area (Å²) in [5.74, 6) is 1.59. The molecule has 0 unspecified atom stereocenters. The van der Waals surface area contributed by atoms with Crippen LogP contribution in [0.2, 0.25) is 0 Å². The molecule has 0 saturated heterocycles. The maximum atomic E-state index is 14.9. The number of ether oxygens (including phenoxy) is 1. The molecule has 0 atom stereocenters. The highest BCUT2D eigenvalue weighted by atomic mass is 31.2. The minimum absolute atomic E-state index is 0.767. The SMILES string of the molecule is O=P(c1ccccc1)(c1ccccc1)c1ccc2c(c1)-c1ccccc1-c1ccccc1O2. The van der Waals surface area contributed by atoms with Crippen LogP contribution in [0, 0.1) is 0 Å². The summed E-state index contributed by atoms with van der Waals surface area (Å²) < 4.78 is 21.3. The van der Waals surface area contributed by atoms with Crippen molar-refractivity contribution in [3.63, 3.8) is 0 Å². The van der Waals surface area contributed by atoms with Gasteiger partial charge in [-0.25, -0.2) is 0 Å². The molecule has 5 aromatic rings. The molecule has 1 aliphatic heterocycles. The summed E-state index contributed by atoms with van der Waals surface area (Å²) in [4.78, 5) is 0. The number of fused-ring (bicyclic) bond motifs is 5. The lowest BCUT2D eigenvalue weighted by atomic mass is 9.95. The van der Waals surface area contributed by atoms with Gasteiger partial charge in [0.05, 0.1) is 0 Å². The van der Waals surface area contributed by atoms with E-state index in [-0.39, 0.29) is 0 Å². The third-order valence-electron chi connectivity index (χ3n) is 6.18. The van der Waals surface area contributed by atoms with E-state index in [4.69, 9.17) is 4.74 Å². The first-order valence-electron chi connectivity index (χ1n) is 11.0. The second-order valence-corrected chi connectivity index (χ2v) is 10.9. The summed E-state index contributed by atoms with van der Waals surface area (Å²) >= 11 is 0. The lowest BCUT2D eigenvalue weighted by Crippen LogP contribution is -2.25. The Labute approximate surface area is 193 Å². The van der Waals surface area contributed by atoms with Gasteiger partial charge in [0.15, 0.2) is 7.14 Å². The molecule has 33 heavy (non-hydrogen) atoms. The molecule has 0 radical (unpaired) electrons. The summed E-state index contributed by atoms with van der Waals surface area (Å²) in [5, 5.41) is 2.44. The number of benzene rings is 5. The van der Waals surface area contributed by atoms with E-state index < -0.39 is 7.14 Å². The van der Waals surface area contributed by atoms with E-state index in [2.05, 4.69) is 24.3 Å². The van der Waals surface area contributed by atoms with E-state index in [0.29, 0.717) is 0 Å². The van der Waals surface area contributed by atoms with Crippen molar-refractivity contribution in [2.75, 3.05) is 0 Å². The molecule has 0 fully saturated rings. The van der Waals surface area contributed by atoms with Crippen molar-refractivity contribution in [2.24, 2.45) is 0 Å². The highest BCUT2D eigenvalue weighted by Crippen LogP contribution is 2.49. The van der Waals surface area contributed by atoms with Crippen LogP contribution in [0.3, 0.4) is 0 Å². The molecule has 0 spiro atoms. The average Bonchev–Trinajstić information content (AvgIpc) is 3.03. The molecule has 1 aliphatic rings. The summed E-state index contributed by atoms with van der Waals surface area (Å²) in [5.41, 5.74) is 4.19. The second kappa shape index (κ2) is 7.92. The maximum absolute atomic E-state index is 14.9. The Kier molecular flexibility index (Phi) is 4.75. The predicted octanol–water partition coefficient (Wildman–Crippen LogP) is 6.77. The number of hydrogen-bond donors (Lipinski definition) is 0. The van der Waals surface area contributed by atoms with Crippen LogP contribution in [0.5, 0.6) is 11.5 Å². The van der Waals surface area contributed by atoms with Gasteiger partial charge in [-0.3, -0.25) is 0 Å². The number of rotatable bonds is 3. The van der Waals surface area contributed by atoms with Crippen LogP contribution in [-0.2, 0) is 4.57 Å². The number of para-hydroxylation sites is 1. The van der Waals surface area contributed by atoms with Crippen LogP contribution in [0.4, 0.5) is 0 Å². The van der Waals surface area contributed by atoms with E-state index in [1.165, 1.54) is 0 Å². The van der Waals surface area contributed by atoms with E-state index in [0.717, 1.165) is 49.7 Å². The highest BCUT2D eigenvalue weighted by Gasteiger charge is 2.31. The van der Waals surface area contributed by atoms with Gasteiger partial charge in [0.25, 0.3) is 0 Å². The summed E-state index contributed by atoms with van der Waals surface area (Å²) in [7, 11) is -3.08. The summed E-state index contributed by atoms with van der Waals surface area (Å²) in [6.07, 6.45) is 0. The fourth-order valence-electron chi connectivity index (χ4n) is 4.59. The first-order chi connectivity index (χ1) is 16.2. The van der Waals surface area contributed by atoms with Gasteiger partial charge in [-0.15, -0.1) is 0 Å². The van der Waals surface area contributed by atoms with Crippen molar-refractivity contribution in [1.29, 1.82) is 0 Å². The molecule has 158 valence electrons. The first kappa shape index (κ1) is 19.8. The van der Waals surface area contributed by atoms with Crippen LogP contribution >= 0.6 is 7.14 Å². The Bertz CT molecular complexity index is 1460. The van der Waals surface area contributed by atoms with Crippen molar-refractivity contribution >= 4 is 23.1 Å². The minimum Gasteiger partial charge on any atom is -0.456 e. The van der Waals surface area contributed by atoms with E-state index in [9.17, 15) is 4.57 Å². The fraction of sp³-hybridized carbons (Fsp3) is 0. The van der Waals surface area contributed by atoms with Gasteiger partial charge < -0.3 is 9.30 Å². The van der Waals surface area contributed by atoms with Crippen LogP contribution in [-0.4, -0.2) is 0 Å². The van der Waals surface area contributed by atoms with Crippen LogP contribution in [0.15, 0.2) is 127 Å². The fourth-order valence-corrected chi connectivity index (χ4v) is 7.26. The Morgan fingerprint density at radius 3 is 1.55 bits per heavy atom. The van der Waals surface area contributed by atoms with Gasteiger partial charge in [-0.1, -0.05) is 103 Å². The van der Waals surface area contributed by atoms with Crippen molar-refractivity contribution in [1.82, 2.24) is 0 Å². The van der Waals surface area contributed by atoms with Gasteiger partial charge >= 0.3 is 0 Å². The van der Waals surface area contributed by atoms with E-state index >= 15 is 0 Å². The molecule has 2 nitrogen and oxygen atoms in total. The zero-order valence-corrected chi connectivity index (χ0v) is 18.8. The normalized spacial score (nSPS) is 12.0. The lowest BCUT2D eigenvalue weighted by molar-refractivity contribution is 0.488. The molecule has 0 amide bonds. The second-order valence-electron chi connectivity index (χ2n) is 8.10. The Morgan fingerprint density at radius 1 is 0.424 bits per heavy atom. The standard InChI is InChI=1S/C30H21O2P/c31-33(22-11-3-1-4-12-22,23-13-5-2-6-14-23)24-19-20-30-28(21-24)26-16-8-7-15-25(26)27-17-9-10-18-29(27)32-30/h1-21H. The van der Waals surface area contributed by atoms with E-state index in [1.807, 2.05) is 103 Å². The molecule has 5 aromatic carbocycles. The molecule has 6 rings (SSSR count). The van der Waals surface area contributed by atoms with Gasteiger partial charge in [0.2, 0.25) is 0 Å². The van der Waals surface area contributed by atoms with Crippen molar-refractivity contribution in [3.05, 3.63) is 127 Å². The van der Waals surface area contributed by atoms with Crippen LogP contribution < -0.4 is 20.7 Å². The maximum Gasteiger partial charge on any atom is 0.171 e. The lowest BCUT2D eigenvalue weighted by Gasteiger charge is -2.21. The first-order valence-corrected chi connectivity index (χ1v) is 12.7. The number of hydrogen-bond acceptors (Lipinski definition) is 2. The molecule has 1 heterocycles. The average molecular weight is 444 g/mol.